The molecule has 10 nitrogen and oxygen atoms in total. The van der Waals surface area contributed by atoms with Gasteiger partial charge in [0.05, 0.1) is 12.0 Å². The number of benzene rings is 3. The van der Waals surface area contributed by atoms with Crippen molar-refractivity contribution in [2.75, 3.05) is 38.7 Å². The van der Waals surface area contributed by atoms with Crippen LogP contribution in [-0.2, 0) is 36.1 Å². The topological polar surface area (TPSA) is 126 Å². The molecule has 0 unspecified atom stereocenters. The van der Waals surface area contributed by atoms with Crippen LogP contribution in [-0.4, -0.2) is 76.3 Å². The van der Waals surface area contributed by atoms with Crippen molar-refractivity contribution >= 4 is 27.7 Å². The highest BCUT2D eigenvalue weighted by atomic mass is 32.2. The number of carbonyl (C=O) groups is 2. The molecule has 0 bridgehead atoms. The lowest BCUT2D eigenvalue weighted by Gasteiger charge is -2.43. The van der Waals surface area contributed by atoms with Crippen LogP contribution in [0, 0.1) is 17.5 Å². The largest absolute Gasteiger partial charge is 0.453 e. The fourth-order valence-corrected chi connectivity index (χ4v) is 8.64. The molecule has 14 heteroatoms. The molecular weight excluding hydrogens is 649 g/mol. The number of alkyl carbamates (subject to hydrolysis) is 1. The minimum Gasteiger partial charge on any atom is -0.453 e. The molecule has 258 valence electrons. The molecule has 0 aromatic heterocycles. The van der Waals surface area contributed by atoms with Gasteiger partial charge in [-0.25, -0.2) is 26.4 Å². The number of methoxy groups -OCH3 is 1. The Morgan fingerprint density at radius 2 is 1.71 bits per heavy atom. The second kappa shape index (κ2) is 15.1. The zero-order valence-electron chi connectivity index (χ0n) is 26.7. The van der Waals surface area contributed by atoms with Gasteiger partial charge in [0, 0.05) is 61.1 Å². The average Bonchev–Trinajstić information content (AvgIpc) is 3.07. The summed E-state index contributed by atoms with van der Waals surface area (Å²) in [5, 5.41) is 8.54. The molecule has 2 fully saturated rings. The van der Waals surface area contributed by atoms with Gasteiger partial charge in [0.15, 0.2) is 0 Å². The van der Waals surface area contributed by atoms with E-state index in [0.29, 0.717) is 19.2 Å². The van der Waals surface area contributed by atoms with E-state index in [1.165, 1.54) is 34.6 Å². The molecule has 0 saturated carbocycles. The van der Waals surface area contributed by atoms with Crippen LogP contribution in [0.2, 0.25) is 0 Å². The molecule has 3 aromatic carbocycles. The molecule has 0 radical (unpaired) electrons. The molecule has 3 N–H and O–H groups in total. The maximum absolute atomic E-state index is 15.5. The fourth-order valence-electron chi connectivity index (χ4n) is 6.77. The van der Waals surface area contributed by atoms with Crippen molar-refractivity contribution in [2.45, 2.75) is 61.0 Å². The Kier molecular flexibility index (Phi) is 11.1. The molecular formula is C34H39F3N4O6S. The molecule has 5 rings (SSSR count). The van der Waals surface area contributed by atoms with Gasteiger partial charge in [0.25, 0.3) is 0 Å². The number of nitrogens with one attached hydrogen (secondary N) is 3. The van der Waals surface area contributed by atoms with Gasteiger partial charge in [-0.2, -0.15) is 4.31 Å². The minimum absolute atomic E-state index is 0.0609. The van der Waals surface area contributed by atoms with Crippen LogP contribution in [0.15, 0.2) is 71.6 Å². The Balaban J connectivity index is 1.45. The van der Waals surface area contributed by atoms with Gasteiger partial charge in [-0.1, -0.05) is 24.3 Å². The quantitative estimate of drug-likeness (QED) is 0.287. The summed E-state index contributed by atoms with van der Waals surface area (Å²) >= 11 is 0. The van der Waals surface area contributed by atoms with Crippen molar-refractivity contribution < 1.29 is 40.7 Å². The van der Waals surface area contributed by atoms with E-state index in [2.05, 4.69) is 16.0 Å². The van der Waals surface area contributed by atoms with E-state index in [1.54, 1.807) is 25.1 Å². The van der Waals surface area contributed by atoms with Crippen molar-refractivity contribution in [3.63, 3.8) is 0 Å². The summed E-state index contributed by atoms with van der Waals surface area (Å²) in [4.78, 5) is 26.9. The molecule has 2 saturated heterocycles. The fraction of sp³-hybridized carbons (Fsp3) is 0.412. The first-order chi connectivity index (χ1) is 23.0. The zero-order valence-corrected chi connectivity index (χ0v) is 27.5. The predicted molar refractivity (Wildman–Crippen MR) is 172 cm³/mol. The number of carbonyl (C=O) groups excluding carboxylic acids is 2. The highest BCUT2D eigenvalue weighted by Crippen LogP contribution is 2.40. The maximum Gasteiger partial charge on any atom is 0.407 e. The van der Waals surface area contributed by atoms with Crippen LogP contribution in [0.3, 0.4) is 0 Å². The number of sulfonamides is 1. The molecule has 2 heterocycles. The summed E-state index contributed by atoms with van der Waals surface area (Å²) in [6, 6.07) is 12.9. The monoisotopic (exact) mass is 688 g/mol. The van der Waals surface area contributed by atoms with E-state index >= 15 is 4.39 Å². The van der Waals surface area contributed by atoms with Crippen LogP contribution in [0.25, 0.3) is 0 Å². The second-order valence-corrected chi connectivity index (χ2v) is 13.9. The normalized spacial score (nSPS) is 20.4. The van der Waals surface area contributed by atoms with E-state index in [-0.39, 0.29) is 66.6 Å². The number of anilines is 1. The Hall–Kier alpha value is -3.98. The van der Waals surface area contributed by atoms with Crippen molar-refractivity contribution in [1.29, 1.82) is 0 Å². The van der Waals surface area contributed by atoms with Crippen molar-refractivity contribution in [3.8, 4) is 0 Å². The Morgan fingerprint density at radius 1 is 1.02 bits per heavy atom. The number of halogens is 3. The van der Waals surface area contributed by atoms with Gasteiger partial charge in [-0.3, -0.25) is 4.79 Å². The minimum atomic E-state index is -3.87. The molecule has 2 amide bonds. The van der Waals surface area contributed by atoms with Crippen LogP contribution in [0.1, 0.15) is 37.3 Å². The number of piperazine rings is 1. The van der Waals surface area contributed by atoms with E-state index in [9.17, 15) is 26.8 Å². The van der Waals surface area contributed by atoms with Crippen LogP contribution >= 0.6 is 0 Å². The smallest absolute Gasteiger partial charge is 0.407 e. The van der Waals surface area contributed by atoms with E-state index in [1.807, 2.05) is 0 Å². The number of rotatable bonds is 10. The van der Waals surface area contributed by atoms with E-state index < -0.39 is 57.0 Å². The number of nitrogens with zero attached hydrogens (tertiary/aromatic N) is 1. The summed E-state index contributed by atoms with van der Waals surface area (Å²) in [5.74, 6) is -3.08. The summed E-state index contributed by atoms with van der Waals surface area (Å²) in [5.41, 5.74) is -0.907. The zero-order chi connectivity index (χ0) is 34.5. The van der Waals surface area contributed by atoms with Gasteiger partial charge in [-0.05, 0) is 74.6 Å². The number of ether oxygens (including phenoxy) is 2. The lowest BCUT2D eigenvalue weighted by Crippen LogP contribution is -2.59. The Labute approximate surface area is 278 Å². The summed E-state index contributed by atoms with van der Waals surface area (Å²) < 4.78 is 83.6. The van der Waals surface area contributed by atoms with Gasteiger partial charge in [0.2, 0.25) is 15.9 Å². The highest BCUT2D eigenvalue weighted by molar-refractivity contribution is 7.89. The van der Waals surface area contributed by atoms with Crippen molar-refractivity contribution in [3.05, 3.63) is 95.3 Å². The second-order valence-electron chi connectivity index (χ2n) is 12.1. The molecule has 0 spiro atoms. The molecule has 0 aliphatic carbocycles. The molecule has 3 aromatic rings. The number of hydrogen-bond acceptors (Lipinski definition) is 7. The third-order valence-corrected chi connectivity index (χ3v) is 11.2. The number of amides is 2. The first-order valence-electron chi connectivity index (χ1n) is 15.7. The van der Waals surface area contributed by atoms with Crippen LogP contribution < -0.4 is 16.0 Å². The predicted octanol–water partition coefficient (Wildman–Crippen LogP) is 4.50. The van der Waals surface area contributed by atoms with Crippen LogP contribution in [0.4, 0.5) is 23.7 Å². The third kappa shape index (κ3) is 7.51. The standard InChI is InChI=1S/C34H39F3N4O6S/c1-22-20-38-21-26(41(22)48(44,45)27-7-4-3-5-8-27)11-12-28-29(37)9-6-10-30(28)39-32(42)31(40-33(43)46-2)34(13-15-47-16-14-34)23-17-24(35)19-25(36)18-23/h3-10,17-19,22,26,31,38H,11-16,20-21H2,1-2H3,(H,39,42)(H,40,43)/t22-,26+,31-/m1/s1. The molecule has 2 aliphatic heterocycles. The van der Waals surface area contributed by atoms with Gasteiger partial charge in [0.1, 0.15) is 23.5 Å². The summed E-state index contributed by atoms with van der Waals surface area (Å²) in [6.07, 6.45) is -0.401. The Morgan fingerprint density at radius 3 is 2.38 bits per heavy atom. The molecule has 2 aliphatic rings. The first kappa shape index (κ1) is 35.3. The third-order valence-electron chi connectivity index (χ3n) is 9.12. The molecule has 48 heavy (non-hydrogen) atoms. The van der Waals surface area contributed by atoms with Crippen molar-refractivity contribution in [2.24, 2.45) is 0 Å². The summed E-state index contributed by atoms with van der Waals surface area (Å²) in [6.45, 7) is 2.88. The first-order valence-corrected chi connectivity index (χ1v) is 17.2. The van der Waals surface area contributed by atoms with Gasteiger partial charge >= 0.3 is 6.09 Å². The van der Waals surface area contributed by atoms with E-state index in [4.69, 9.17) is 9.47 Å². The van der Waals surface area contributed by atoms with Gasteiger partial charge in [-0.15, -0.1) is 0 Å². The highest BCUT2D eigenvalue weighted by Gasteiger charge is 2.47. The Bertz CT molecular complexity index is 1700. The lowest BCUT2D eigenvalue weighted by molar-refractivity contribution is -0.121. The lowest BCUT2D eigenvalue weighted by atomic mass is 9.68. The average molecular weight is 689 g/mol. The molecule has 3 atom stereocenters. The maximum atomic E-state index is 15.5. The SMILES string of the molecule is COC(=O)N[C@H](C(=O)Nc1cccc(F)c1CC[C@H]1CNC[C@@H](C)N1S(=O)(=O)c1ccccc1)C1(c2cc(F)cc(F)c2)CCOCC1. The number of hydrogen-bond donors (Lipinski definition) is 3. The van der Waals surface area contributed by atoms with Crippen molar-refractivity contribution in [1.82, 2.24) is 14.9 Å². The van der Waals surface area contributed by atoms with E-state index in [0.717, 1.165) is 19.2 Å². The van der Waals surface area contributed by atoms with Gasteiger partial charge < -0.3 is 25.4 Å². The van der Waals surface area contributed by atoms with Crippen LogP contribution in [0.5, 0.6) is 0 Å². The summed E-state index contributed by atoms with van der Waals surface area (Å²) in [7, 11) is -2.75.